The van der Waals surface area contributed by atoms with Gasteiger partial charge in [-0.05, 0) is 52.0 Å². The van der Waals surface area contributed by atoms with Gasteiger partial charge in [-0.25, -0.2) is 9.69 Å². The number of ether oxygens (including phenoxy) is 1. The summed E-state index contributed by atoms with van der Waals surface area (Å²) >= 11 is 0. The monoisotopic (exact) mass is 289 g/mol. The molecule has 0 radical (unpaired) electrons. The Morgan fingerprint density at radius 3 is 2.57 bits per heavy atom. The van der Waals surface area contributed by atoms with Crippen molar-refractivity contribution in [3.63, 3.8) is 0 Å². The topological polar surface area (TPSA) is 72.4 Å². The molecule has 0 aromatic carbocycles. The first-order chi connectivity index (χ1) is 9.87. The molecule has 6 nitrogen and oxygen atoms in total. The van der Waals surface area contributed by atoms with E-state index >= 15 is 0 Å². The molecule has 2 aliphatic rings. The van der Waals surface area contributed by atoms with E-state index in [4.69, 9.17) is 4.74 Å². The quantitative estimate of drug-likeness (QED) is 0.732. The van der Waals surface area contributed by atoms with Crippen LogP contribution in [-0.4, -0.2) is 32.7 Å². The third-order valence-electron chi connectivity index (χ3n) is 3.74. The van der Waals surface area contributed by atoms with E-state index in [9.17, 15) is 9.59 Å². The van der Waals surface area contributed by atoms with Gasteiger partial charge in [0.25, 0.3) is 5.91 Å². The Labute approximate surface area is 123 Å². The third-order valence-corrected chi connectivity index (χ3v) is 3.74. The fraction of sp³-hybridized carbons (Fsp3) is 0.600. The Hall–Kier alpha value is -1.98. The fourth-order valence-corrected chi connectivity index (χ4v) is 2.80. The van der Waals surface area contributed by atoms with Gasteiger partial charge < -0.3 is 4.74 Å². The molecule has 0 saturated heterocycles. The van der Waals surface area contributed by atoms with Gasteiger partial charge in [-0.1, -0.05) is 0 Å². The van der Waals surface area contributed by atoms with Crippen LogP contribution in [-0.2, 0) is 24.1 Å². The van der Waals surface area contributed by atoms with Gasteiger partial charge in [0.1, 0.15) is 5.60 Å². The lowest BCUT2D eigenvalue weighted by Gasteiger charge is -2.23. The third kappa shape index (κ3) is 2.50. The van der Waals surface area contributed by atoms with Crippen LogP contribution >= 0.6 is 0 Å². The Morgan fingerprint density at radius 2 is 1.86 bits per heavy atom. The van der Waals surface area contributed by atoms with E-state index in [1.54, 1.807) is 20.8 Å². The van der Waals surface area contributed by atoms with Gasteiger partial charge in [0.05, 0.1) is 12.2 Å². The lowest BCUT2D eigenvalue weighted by molar-refractivity contribution is 0.0247. The smallest absolute Gasteiger partial charge is 0.417 e. The molecule has 6 heteroatoms. The van der Waals surface area contributed by atoms with Gasteiger partial charge in [-0.2, -0.15) is 5.10 Å². The molecule has 0 fully saturated rings. The predicted molar refractivity (Wildman–Crippen MR) is 74.8 cm³/mol. The summed E-state index contributed by atoms with van der Waals surface area (Å²) in [6.45, 7) is 5.59. The summed E-state index contributed by atoms with van der Waals surface area (Å²) in [4.78, 5) is 25.6. The Balaban J connectivity index is 1.90. The van der Waals surface area contributed by atoms with Gasteiger partial charge >= 0.3 is 6.09 Å². The Morgan fingerprint density at radius 1 is 1.14 bits per heavy atom. The summed E-state index contributed by atoms with van der Waals surface area (Å²) in [7, 11) is 0. The van der Waals surface area contributed by atoms with E-state index in [-0.39, 0.29) is 6.54 Å². The van der Waals surface area contributed by atoms with E-state index in [0.29, 0.717) is 5.69 Å². The molecular weight excluding hydrogens is 270 g/mol. The number of carbonyl (C=O) groups is 2. The van der Waals surface area contributed by atoms with Crippen LogP contribution in [0.5, 0.6) is 0 Å². The van der Waals surface area contributed by atoms with Crippen LogP contribution in [0.3, 0.4) is 0 Å². The van der Waals surface area contributed by atoms with E-state index < -0.39 is 17.6 Å². The minimum atomic E-state index is -0.628. The largest absolute Gasteiger partial charge is 0.443 e. The zero-order chi connectivity index (χ0) is 15.2. The van der Waals surface area contributed by atoms with E-state index in [2.05, 4.69) is 10.2 Å². The first-order valence-electron chi connectivity index (χ1n) is 7.29. The molecule has 0 spiro atoms. The van der Waals surface area contributed by atoms with Crippen LogP contribution in [0.1, 0.15) is 60.9 Å². The Kier molecular flexibility index (Phi) is 3.19. The molecule has 2 heterocycles. The average molecular weight is 289 g/mol. The van der Waals surface area contributed by atoms with Crippen LogP contribution in [0.15, 0.2) is 0 Å². The van der Waals surface area contributed by atoms with Crippen molar-refractivity contribution in [2.75, 3.05) is 0 Å². The molecule has 3 rings (SSSR count). The van der Waals surface area contributed by atoms with Crippen LogP contribution < -0.4 is 0 Å². The molecule has 0 atom stereocenters. The van der Waals surface area contributed by atoms with Crippen molar-refractivity contribution in [3.05, 3.63) is 22.5 Å². The zero-order valence-corrected chi connectivity index (χ0v) is 12.6. The van der Waals surface area contributed by atoms with Gasteiger partial charge in [0.2, 0.25) is 0 Å². The standard InChI is InChI=1S/C15H19N3O3/c1-15(2,3)21-14(20)18-8-10-9-6-4-5-7-11(9)16-17-12(10)13(18)19/h4-8H2,1-3H3. The number of hydrogen-bond donors (Lipinski definition) is 0. The molecule has 1 aromatic rings. The number of aryl methyl sites for hydroxylation is 1. The van der Waals surface area contributed by atoms with Crippen LogP contribution in [0.4, 0.5) is 4.79 Å². The van der Waals surface area contributed by atoms with Crippen molar-refractivity contribution in [1.29, 1.82) is 0 Å². The highest BCUT2D eigenvalue weighted by molar-refractivity contribution is 6.05. The summed E-state index contributed by atoms with van der Waals surface area (Å²) in [6.07, 6.45) is 3.38. The number of imide groups is 1. The van der Waals surface area contributed by atoms with Gasteiger partial charge in [0.15, 0.2) is 5.69 Å². The molecule has 1 aliphatic heterocycles. The summed E-state index contributed by atoms with van der Waals surface area (Å²) in [5.41, 5.74) is 2.61. The SMILES string of the molecule is CC(C)(C)OC(=O)N1Cc2c(nnc3c2CCCC3)C1=O. The molecule has 0 unspecified atom stereocenters. The number of amides is 2. The van der Waals surface area contributed by atoms with Crippen molar-refractivity contribution < 1.29 is 14.3 Å². The first-order valence-corrected chi connectivity index (χ1v) is 7.29. The average Bonchev–Trinajstić information content (AvgIpc) is 2.75. The van der Waals surface area contributed by atoms with E-state index in [1.165, 1.54) is 0 Å². The number of nitrogens with zero attached hydrogens (tertiary/aromatic N) is 3. The highest BCUT2D eigenvalue weighted by Crippen LogP contribution is 2.30. The summed E-state index contributed by atoms with van der Waals surface area (Å²) in [5.74, 6) is -0.403. The predicted octanol–water partition coefficient (Wildman–Crippen LogP) is 2.25. The van der Waals surface area contributed by atoms with E-state index in [0.717, 1.165) is 47.4 Å². The maximum absolute atomic E-state index is 12.3. The van der Waals surface area contributed by atoms with Gasteiger partial charge in [0, 0.05) is 5.56 Å². The second kappa shape index (κ2) is 4.79. The van der Waals surface area contributed by atoms with Crippen LogP contribution in [0.25, 0.3) is 0 Å². The second-order valence-corrected chi connectivity index (χ2v) is 6.53. The highest BCUT2D eigenvalue weighted by atomic mass is 16.6. The summed E-state index contributed by atoms with van der Waals surface area (Å²) < 4.78 is 5.29. The summed E-state index contributed by atoms with van der Waals surface area (Å²) in [5, 5.41) is 8.19. The molecule has 1 aliphatic carbocycles. The summed E-state index contributed by atoms with van der Waals surface area (Å²) in [6, 6.07) is 0. The van der Waals surface area contributed by atoms with Crippen LogP contribution in [0, 0.1) is 0 Å². The number of carbonyl (C=O) groups excluding carboxylic acids is 2. The minimum Gasteiger partial charge on any atom is -0.443 e. The Bertz CT molecular complexity index is 619. The van der Waals surface area contributed by atoms with Crippen LogP contribution in [0.2, 0.25) is 0 Å². The normalized spacial score (nSPS) is 17.5. The molecule has 1 aromatic heterocycles. The van der Waals surface area contributed by atoms with Gasteiger partial charge in [-0.3, -0.25) is 4.79 Å². The lowest BCUT2D eigenvalue weighted by Crippen LogP contribution is -2.37. The number of aromatic nitrogens is 2. The maximum atomic E-state index is 12.3. The first kappa shape index (κ1) is 14.0. The van der Waals surface area contributed by atoms with Crippen molar-refractivity contribution >= 4 is 12.0 Å². The molecular formula is C15H19N3O3. The molecule has 0 saturated carbocycles. The molecule has 0 N–H and O–H groups in total. The number of rotatable bonds is 0. The maximum Gasteiger partial charge on any atom is 0.417 e. The molecule has 21 heavy (non-hydrogen) atoms. The van der Waals surface area contributed by atoms with Crippen molar-refractivity contribution in [1.82, 2.24) is 15.1 Å². The zero-order valence-electron chi connectivity index (χ0n) is 12.6. The van der Waals surface area contributed by atoms with Gasteiger partial charge in [-0.15, -0.1) is 5.10 Å². The second-order valence-electron chi connectivity index (χ2n) is 6.53. The molecule has 112 valence electrons. The number of hydrogen-bond acceptors (Lipinski definition) is 5. The van der Waals surface area contributed by atoms with E-state index in [1.807, 2.05) is 0 Å². The minimum absolute atomic E-state index is 0.251. The molecule has 2 amide bonds. The molecule has 0 bridgehead atoms. The lowest BCUT2D eigenvalue weighted by atomic mass is 9.92. The van der Waals surface area contributed by atoms with Crippen molar-refractivity contribution in [2.45, 2.75) is 58.6 Å². The van der Waals surface area contributed by atoms with Crippen molar-refractivity contribution in [3.8, 4) is 0 Å². The number of fused-ring (bicyclic) bond motifs is 3. The highest BCUT2D eigenvalue weighted by Gasteiger charge is 2.38. The fourth-order valence-electron chi connectivity index (χ4n) is 2.80. The van der Waals surface area contributed by atoms with Crippen molar-refractivity contribution in [2.24, 2.45) is 0 Å².